The van der Waals surface area contributed by atoms with E-state index in [1.807, 2.05) is 0 Å². The number of hydrazone groups is 1. The van der Waals surface area contributed by atoms with Gasteiger partial charge < -0.3 is 0 Å². The number of nitro groups is 1. The van der Waals surface area contributed by atoms with Crippen molar-refractivity contribution in [3.63, 3.8) is 0 Å². The molecule has 8 nitrogen and oxygen atoms in total. The van der Waals surface area contributed by atoms with Crippen LogP contribution < -0.4 is 5.43 Å². The Morgan fingerprint density at radius 1 is 1.39 bits per heavy atom. The summed E-state index contributed by atoms with van der Waals surface area (Å²) in [6.45, 7) is 1.71. The lowest BCUT2D eigenvalue weighted by molar-refractivity contribution is -0.384. The molecule has 1 aliphatic rings. The molecule has 1 saturated carbocycles. The smallest absolute Gasteiger partial charge is 0.281 e. The zero-order valence-corrected chi connectivity index (χ0v) is 12.4. The number of aromatic nitrogens is 2. The summed E-state index contributed by atoms with van der Waals surface area (Å²) >= 11 is 0. The van der Waals surface area contributed by atoms with Crippen LogP contribution in [0, 0.1) is 10.1 Å². The molecular formula is C15H15N5O3. The Balaban J connectivity index is 1.65. The highest BCUT2D eigenvalue weighted by molar-refractivity contribution is 6.00. The van der Waals surface area contributed by atoms with Crippen molar-refractivity contribution in [2.75, 3.05) is 0 Å². The fraction of sp³-hybridized carbons (Fsp3) is 0.267. The van der Waals surface area contributed by atoms with Crippen molar-refractivity contribution >= 4 is 17.3 Å². The van der Waals surface area contributed by atoms with Crippen molar-refractivity contribution in [1.82, 2.24) is 15.6 Å². The largest absolute Gasteiger partial charge is 0.291 e. The summed E-state index contributed by atoms with van der Waals surface area (Å²) in [5.41, 5.74) is 4.96. The molecule has 1 aromatic carbocycles. The summed E-state index contributed by atoms with van der Waals surface area (Å²) in [4.78, 5) is 22.1. The van der Waals surface area contributed by atoms with E-state index in [4.69, 9.17) is 0 Å². The van der Waals surface area contributed by atoms with Crippen LogP contribution in [0.15, 0.2) is 35.4 Å². The Hall–Kier alpha value is -3.03. The summed E-state index contributed by atoms with van der Waals surface area (Å²) < 4.78 is 0. The third-order valence-electron chi connectivity index (χ3n) is 3.67. The molecule has 8 heteroatoms. The van der Waals surface area contributed by atoms with E-state index in [2.05, 4.69) is 20.7 Å². The van der Waals surface area contributed by atoms with Gasteiger partial charge in [0.05, 0.1) is 10.6 Å². The van der Waals surface area contributed by atoms with Gasteiger partial charge in [0.25, 0.3) is 11.6 Å². The van der Waals surface area contributed by atoms with E-state index in [1.165, 1.54) is 12.1 Å². The fourth-order valence-corrected chi connectivity index (χ4v) is 2.14. The van der Waals surface area contributed by atoms with Crippen LogP contribution in [0.3, 0.4) is 0 Å². The van der Waals surface area contributed by atoms with E-state index in [1.54, 1.807) is 25.1 Å². The third-order valence-corrected chi connectivity index (χ3v) is 3.67. The minimum Gasteiger partial charge on any atom is -0.281 e. The molecule has 0 bridgehead atoms. The Labute approximate surface area is 131 Å². The highest BCUT2D eigenvalue weighted by Crippen LogP contribution is 2.38. The first kappa shape index (κ1) is 14.9. The number of nitrogens with one attached hydrogen (secondary N) is 2. The Morgan fingerprint density at radius 3 is 2.70 bits per heavy atom. The number of amides is 1. The van der Waals surface area contributed by atoms with Crippen LogP contribution in [0.2, 0.25) is 0 Å². The summed E-state index contributed by atoms with van der Waals surface area (Å²) in [5, 5.41) is 21.5. The number of nitrogens with zero attached hydrogens (tertiary/aromatic N) is 3. The molecular weight excluding hydrogens is 298 g/mol. The van der Waals surface area contributed by atoms with Gasteiger partial charge in [-0.05, 0) is 43.5 Å². The number of carbonyl (C=O) groups excluding carboxylic acids is 1. The Kier molecular flexibility index (Phi) is 3.88. The highest BCUT2D eigenvalue weighted by Gasteiger charge is 2.26. The second-order valence-corrected chi connectivity index (χ2v) is 5.42. The summed E-state index contributed by atoms with van der Waals surface area (Å²) in [6, 6.07) is 7.70. The number of hydrogen-bond donors (Lipinski definition) is 2. The molecule has 1 aliphatic carbocycles. The second kappa shape index (κ2) is 5.99. The zero-order valence-electron chi connectivity index (χ0n) is 12.4. The third kappa shape index (κ3) is 3.42. The van der Waals surface area contributed by atoms with E-state index in [-0.39, 0.29) is 5.69 Å². The SMILES string of the molecule is C/C(=N/NC(=O)c1cc(C2CC2)[nH]n1)c1ccc([N+](=O)[O-])cc1. The van der Waals surface area contributed by atoms with Gasteiger partial charge in [-0.25, -0.2) is 5.43 Å². The Morgan fingerprint density at radius 2 is 2.09 bits per heavy atom. The van der Waals surface area contributed by atoms with Crippen LogP contribution in [-0.2, 0) is 0 Å². The van der Waals surface area contributed by atoms with Crippen molar-refractivity contribution in [1.29, 1.82) is 0 Å². The zero-order chi connectivity index (χ0) is 16.4. The van der Waals surface area contributed by atoms with Crippen LogP contribution in [0.1, 0.15) is 47.4 Å². The molecule has 0 spiro atoms. The average molecular weight is 313 g/mol. The molecule has 118 valence electrons. The van der Waals surface area contributed by atoms with E-state index in [9.17, 15) is 14.9 Å². The maximum absolute atomic E-state index is 12.0. The predicted octanol–water partition coefficient (Wildman–Crippen LogP) is 2.35. The van der Waals surface area contributed by atoms with Gasteiger partial charge in [-0.1, -0.05) is 0 Å². The molecule has 1 fully saturated rings. The minimum absolute atomic E-state index is 0.00899. The molecule has 3 rings (SSSR count). The van der Waals surface area contributed by atoms with Gasteiger partial charge in [0.15, 0.2) is 5.69 Å². The number of non-ortho nitro benzene ring substituents is 1. The van der Waals surface area contributed by atoms with Crippen LogP contribution in [0.5, 0.6) is 0 Å². The van der Waals surface area contributed by atoms with Gasteiger partial charge in [0, 0.05) is 23.7 Å². The molecule has 23 heavy (non-hydrogen) atoms. The lowest BCUT2D eigenvalue weighted by atomic mass is 10.1. The lowest BCUT2D eigenvalue weighted by Crippen LogP contribution is -2.19. The van der Waals surface area contributed by atoms with Crippen LogP contribution in [-0.4, -0.2) is 26.7 Å². The van der Waals surface area contributed by atoms with Gasteiger partial charge in [-0.2, -0.15) is 10.2 Å². The van der Waals surface area contributed by atoms with Gasteiger partial charge in [0.2, 0.25) is 0 Å². The first-order valence-electron chi connectivity index (χ1n) is 7.19. The summed E-state index contributed by atoms with van der Waals surface area (Å²) in [5.74, 6) is 0.101. The predicted molar refractivity (Wildman–Crippen MR) is 83.3 cm³/mol. The summed E-state index contributed by atoms with van der Waals surface area (Å²) in [6.07, 6.45) is 2.25. The normalized spacial score (nSPS) is 14.6. The maximum Gasteiger partial charge on any atom is 0.291 e. The standard InChI is InChI=1S/C15H15N5O3/c1-9(10-4-6-12(7-5-10)20(22)23)16-19-15(21)14-8-13(17-18-14)11-2-3-11/h4-8,11H,2-3H2,1H3,(H,17,18)(H,19,21)/b16-9-. The number of hydrogen-bond acceptors (Lipinski definition) is 5. The molecule has 2 N–H and O–H groups in total. The van der Waals surface area contributed by atoms with E-state index in [0.717, 1.165) is 18.5 Å². The molecule has 1 heterocycles. The van der Waals surface area contributed by atoms with E-state index >= 15 is 0 Å². The molecule has 0 aliphatic heterocycles. The topological polar surface area (TPSA) is 113 Å². The molecule has 0 radical (unpaired) electrons. The molecule has 0 saturated heterocycles. The van der Waals surface area contributed by atoms with Gasteiger partial charge in [0.1, 0.15) is 0 Å². The fourth-order valence-electron chi connectivity index (χ4n) is 2.14. The molecule has 0 unspecified atom stereocenters. The maximum atomic E-state index is 12.0. The quantitative estimate of drug-likeness (QED) is 0.501. The van der Waals surface area contributed by atoms with E-state index < -0.39 is 10.8 Å². The molecule has 0 atom stereocenters. The molecule has 1 aromatic heterocycles. The number of aromatic amines is 1. The molecule has 2 aromatic rings. The van der Waals surface area contributed by atoms with Crippen LogP contribution in [0.4, 0.5) is 5.69 Å². The lowest BCUT2D eigenvalue weighted by Gasteiger charge is -2.01. The Bertz CT molecular complexity index is 775. The van der Waals surface area contributed by atoms with Crippen LogP contribution in [0.25, 0.3) is 0 Å². The summed E-state index contributed by atoms with van der Waals surface area (Å²) in [7, 11) is 0. The van der Waals surface area contributed by atoms with Gasteiger partial charge >= 0.3 is 0 Å². The van der Waals surface area contributed by atoms with Gasteiger partial charge in [-0.15, -0.1) is 0 Å². The van der Waals surface area contributed by atoms with Crippen molar-refractivity contribution in [2.45, 2.75) is 25.7 Å². The highest BCUT2D eigenvalue weighted by atomic mass is 16.6. The van der Waals surface area contributed by atoms with Crippen molar-refractivity contribution in [3.05, 3.63) is 57.4 Å². The minimum atomic E-state index is -0.465. The first-order chi connectivity index (χ1) is 11.0. The second-order valence-electron chi connectivity index (χ2n) is 5.42. The average Bonchev–Trinajstić information content (AvgIpc) is 3.29. The monoisotopic (exact) mass is 313 g/mol. The number of rotatable bonds is 5. The molecule has 1 amide bonds. The van der Waals surface area contributed by atoms with Crippen molar-refractivity contribution < 1.29 is 9.72 Å². The number of benzene rings is 1. The number of carbonyl (C=O) groups is 1. The van der Waals surface area contributed by atoms with Gasteiger partial charge in [-0.3, -0.25) is 20.0 Å². The van der Waals surface area contributed by atoms with Crippen molar-refractivity contribution in [3.8, 4) is 0 Å². The van der Waals surface area contributed by atoms with Crippen molar-refractivity contribution in [2.24, 2.45) is 5.10 Å². The number of H-pyrrole nitrogens is 1. The first-order valence-corrected chi connectivity index (χ1v) is 7.19. The van der Waals surface area contributed by atoms with Crippen LogP contribution >= 0.6 is 0 Å². The van der Waals surface area contributed by atoms with E-state index in [0.29, 0.717) is 22.9 Å². The number of nitro benzene ring substituents is 1.